The molecule has 0 atom stereocenters. The smallest absolute Gasteiger partial charge is 0.159 e. The largest absolute Gasteiger partial charge is 0.204 e. The minimum Gasteiger partial charge on any atom is -0.159 e. The van der Waals surface area contributed by atoms with E-state index in [0.29, 0.717) is 17.4 Å². The molecule has 5 heteroatoms. The summed E-state index contributed by atoms with van der Waals surface area (Å²) >= 11 is 6.01. The SMILES string of the molecule is Clc1cccc(-c2nnn(Cc3cccc4ccccc34)n2)c1. The molecule has 0 saturated carbocycles. The van der Waals surface area contributed by atoms with Crippen LogP contribution in [-0.4, -0.2) is 20.2 Å². The van der Waals surface area contributed by atoms with Crippen molar-refractivity contribution in [1.82, 2.24) is 20.2 Å². The van der Waals surface area contributed by atoms with Crippen molar-refractivity contribution in [3.8, 4) is 11.4 Å². The van der Waals surface area contributed by atoms with Crippen molar-refractivity contribution < 1.29 is 0 Å². The highest BCUT2D eigenvalue weighted by molar-refractivity contribution is 6.30. The number of tetrazole rings is 1. The zero-order valence-electron chi connectivity index (χ0n) is 12.2. The van der Waals surface area contributed by atoms with E-state index in [1.54, 1.807) is 4.80 Å². The molecular formula is C18H13ClN4. The lowest BCUT2D eigenvalue weighted by molar-refractivity contribution is 0.575. The van der Waals surface area contributed by atoms with Crippen molar-refractivity contribution in [3.63, 3.8) is 0 Å². The van der Waals surface area contributed by atoms with E-state index in [4.69, 9.17) is 11.6 Å². The minimum atomic E-state index is 0.577. The van der Waals surface area contributed by atoms with Crippen molar-refractivity contribution in [2.24, 2.45) is 0 Å². The number of aromatic nitrogens is 4. The molecule has 0 aliphatic rings. The fourth-order valence-corrected chi connectivity index (χ4v) is 2.83. The van der Waals surface area contributed by atoms with Gasteiger partial charge < -0.3 is 0 Å². The average Bonchev–Trinajstić information content (AvgIpc) is 3.04. The lowest BCUT2D eigenvalue weighted by Gasteiger charge is -2.05. The second kappa shape index (κ2) is 5.82. The van der Waals surface area contributed by atoms with Crippen LogP contribution in [0.4, 0.5) is 0 Å². The van der Waals surface area contributed by atoms with E-state index in [-0.39, 0.29) is 0 Å². The van der Waals surface area contributed by atoms with Crippen LogP contribution in [0.3, 0.4) is 0 Å². The maximum absolute atomic E-state index is 6.01. The molecule has 0 unspecified atom stereocenters. The summed E-state index contributed by atoms with van der Waals surface area (Å²) in [4.78, 5) is 1.61. The van der Waals surface area contributed by atoms with Gasteiger partial charge >= 0.3 is 0 Å². The summed E-state index contributed by atoms with van der Waals surface area (Å²) in [5.74, 6) is 0.577. The quantitative estimate of drug-likeness (QED) is 0.568. The van der Waals surface area contributed by atoms with Gasteiger partial charge in [0.2, 0.25) is 5.82 Å². The van der Waals surface area contributed by atoms with Crippen LogP contribution in [0.15, 0.2) is 66.7 Å². The highest BCUT2D eigenvalue weighted by atomic mass is 35.5. The van der Waals surface area contributed by atoms with Crippen molar-refractivity contribution in [1.29, 1.82) is 0 Å². The first-order valence-corrected chi connectivity index (χ1v) is 7.68. The molecule has 0 aliphatic heterocycles. The molecule has 0 amide bonds. The lowest BCUT2D eigenvalue weighted by atomic mass is 10.1. The molecule has 0 radical (unpaired) electrons. The summed E-state index contributed by atoms with van der Waals surface area (Å²) in [6.45, 7) is 0.578. The average molecular weight is 321 g/mol. The second-order valence-corrected chi connectivity index (χ2v) is 5.73. The summed E-state index contributed by atoms with van der Waals surface area (Å²) in [7, 11) is 0. The number of halogens is 1. The Kier molecular flexibility index (Phi) is 3.52. The number of hydrogen-bond donors (Lipinski definition) is 0. The Balaban J connectivity index is 1.67. The summed E-state index contributed by atoms with van der Waals surface area (Å²) in [6.07, 6.45) is 0. The first kappa shape index (κ1) is 13.9. The molecule has 0 aliphatic carbocycles. The van der Waals surface area contributed by atoms with Gasteiger partial charge in [0.05, 0.1) is 6.54 Å². The molecule has 0 spiro atoms. The third-order valence-corrected chi connectivity index (χ3v) is 3.96. The number of benzene rings is 3. The van der Waals surface area contributed by atoms with Gasteiger partial charge in [0, 0.05) is 10.6 Å². The van der Waals surface area contributed by atoms with Gasteiger partial charge in [0.15, 0.2) is 0 Å². The zero-order chi connectivity index (χ0) is 15.6. The number of fused-ring (bicyclic) bond motifs is 1. The fraction of sp³-hybridized carbons (Fsp3) is 0.0556. The standard InChI is InChI=1S/C18H13ClN4/c19-16-9-4-7-14(11-16)18-20-22-23(21-18)12-15-8-3-6-13-5-1-2-10-17(13)15/h1-11H,12H2. The molecular weight excluding hydrogens is 308 g/mol. The van der Waals surface area contributed by atoms with E-state index in [0.717, 1.165) is 11.1 Å². The maximum atomic E-state index is 6.01. The molecule has 4 rings (SSSR count). The molecule has 23 heavy (non-hydrogen) atoms. The van der Waals surface area contributed by atoms with Gasteiger partial charge in [-0.1, -0.05) is 66.2 Å². The Morgan fingerprint density at radius 3 is 2.65 bits per heavy atom. The molecule has 112 valence electrons. The summed E-state index contributed by atoms with van der Waals surface area (Å²) < 4.78 is 0. The van der Waals surface area contributed by atoms with E-state index >= 15 is 0 Å². The monoisotopic (exact) mass is 320 g/mol. The second-order valence-electron chi connectivity index (χ2n) is 5.29. The van der Waals surface area contributed by atoms with Crippen molar-refractivity contribution in [2.75, 3.05) is 0 Å². The predicted molar refractivity (Wildman–Crippen MR) is 91.3 cm³/mol. The van der Waals surface area contributed by atoms with E-state index in [9.17, 15) is 0 Å². The Labute approximate surface area is 138 Å². The molecule has 1 aromatic heterocycles. The third-order valence-electron chi connectivity index (χ3n) is 3.73. The van der Waals surface area contributed by atoms with Gasteiger partial charge in [-0.15, -0.1) is 10.2 Å². The molecule has 3 aromatic carbocycles. The maximum Gasteiger partial charge on any atom is 0.204 e. The summed E-state index contributed by atoms with van der Waals surface area (Å²) in [5.41, 5.74) is 2.03. The summed E-state index contributed by atoms with van der Waals surface area (Å²) in [5, 5.41) is 15.8. The van der Waals surface area contributed by atoms with Crippen LogP contribution in [0.5, 0.6) is 0 Å². The molecule has 0 saturated heterocycles. The number of nitrogens with zero attached hydrogens (tertiary/aromatic N) is 4. The van der Waals surface area contributed by atoms with Crippen LogP contribution < -0.4 is 0 Å². The van der Waals surface area contributed by atoms with Gasteiger partial charge in [0.25, 0.3) is 0 Å². The minimum absolute atomic E-state index is 0.577. The van der Waals surface area contributed by atoms with Gasteiger partial charge in [-0.25, -0.2) is 0 Å². The highest BCUT2D eigenvalue weighted by Crippen LogP contribution is 2.20. The van der Waals surface area contributed by atoms with E-state index in [2.05, 4.69) is 39.7 Å². The predicted octanol–water partition coefficient (Wildman–Crippen LogP) is 4.20. The van der Waals surface area contributed by atoms with Crippen LogP contribution in [-0.2, 0) is 6.54 Å². The Hall–Kier alpha value is -2.72. The highest BCUT2D eigenvalue weighted by Gasteiger charge is 2.08. The van der Waals surface area contributed by atoms with Crippen LogP contribution in [0.25, 0.3) is 22.2 Å². The normalized spacial score (nSPS) is 11.0. The zero-order valence-corrected chi connectivity index (χ0v) is 13.0. The van der Waals surface area contributed by atoms with Crippen LogP contribution >= 0.6 is 11.6 Å². The molecule has 0 fully saturated rings. The molecule has 1 heterocycles. The van der Waals surface area contributed by atoms with Crippen LogP contribution in [0.2, 0.25) is 5.02 Å². The lowest BCUT2D eigenvalue weighted by Crippen LogP contribution is -2.04. The van der Waals surface area contributed by atoms with Crippen LogP contribution in [0.1, 0.15) is 5.56 Å². The van der Waals surface area contributed by atoms with E-state index in [1.165, 1.54) is 10.8 Å². The van der Waals surface area contributed by atoms with Gasteiger partial charge in [-0.05, 0) is 33.7 Å². The molecule has 0 bridgehead atoms. The number of rotatable bonds is 3. The van der Waals surface area contributed by atoms with E-state index in [1.807, 2.05) is 42.5 Å². The Morgan fingerprint density at radius 2 is 1.74 bits per heavy atom. The van der Waals surface area contributed by atoms with E-state index < -0.39 is 0 Å². The first-order chi connectivity index (χ1) is 11.3. The first-order valence-electron chi connectivity index (χ1n) is 7.30. The van der Waals surface area contributed by atoms with Crippen molar-refractivity contribution >= 4 is 22.4 Å². The van der Waals surface area contributed by atoms with Gasteiger partial charge in [-0.3, -0.25) is 0 Å². The van der Waals surface area contributed by atoms with Crippen LogP contribution in [0, 0.1) is 0 Å². The van der Waals surface area contributed by atoms with Gasteiger partial charge in [0.1, 0.15) is 0 Å². The third kappa shape index (κ3) is 2.81. The molecule has 0 N–H and O–H groups in total. The molecule has 4 nitrogen and oxygen atoms in total. The fourth-order valence-electron chi connectivity index (χ4n) is 2.64. The topological polar surface area (TPSA) is 43.6 Å². The van der Waals surface area contributed by atoms with Crippen molar-refractivity contribution in [2.45, 2.75) is 6.54 Å². The Bertz CT molecular complexity index is 972. The summed E-state index contributed by atoms with van der Waals surface area (Å²) in [6, 6.07) is 22.0. The molecule has 4 aromatic rings. The van der Waals surface area contributed by atoms with Gasteiger partial charge in [-0.2, -0.15) is 4.80 Å². The number of hydrogen-bond acceptors (Lipinski definition) is 3. The van der Waals surface area contributed by atoms with Crippen molar-refractivity contribution in [3.05, 3.63) is 77.3 Å². The Morgan fingerprint density at radius 1 is 0.913 bits per heavy atom.